The second-order valence-corrected chi connectivity index (χ2v) is 12.4. The summed E-state index contributed by atoms with van der Waals surface area (Å²) in [4.78, 5) is 49.1. The fraction of sp³-hybridized carbons (Fsp3) is 0.143. The van der Waals surface area contributed by atoms with Crippen LogP contribution in [0.2, 0.25) is 0 Å². The van der Waals surface area contributed by atoms with Crippen LogP contribution in [0.5, 0.6) is 11.5 Å². The molecule has 4 aromatic rings. The number of nitrogens with zero attached hydrogens (tertiary/aromatic N) is 2. The van der Waals surface area contributed by atoms with E-state index in [1.807, 2.05) is 48.5 Å². The standard InChI is InChI=1S/C21H14N2O4.C21H24O2/c24-18-9-10-19(25)22(18)16-5-1-14(2-6-16)13-15-3-7-17(8-4-15)23-20(26)11-12-21(23)27;1-5-7-17-18(8-6-2)20(23)14-13-19(17)21(3,4)15-9-11-16(22)12-10-15/h1-12H,13H2;5-6,9-14,22-23H,1-2,7-8H2,3-4H3. The highest BCUT2D eigenvalue weighted by Crippen LogP contribution is 2.38. The van der Waals surface area contributed by atoms with Gasteiger partial charge in [-0.15, -0.1) is 13.2 Å². The van der Waals surface area contributed by atoms with Crippen molar-refractivity contribution in [2.75, 3.05) is 9.80 Å². The maximum Gasteiger partial charge on any atom is 0.258 e. The molecule has 6 rings (SSSR count). The first-order valence-corrected chi connectivity index (χ1v) is 16.1. The van der Waals surface area contributed by atoms with Crippen LogP contribution < -0.4 is 9.80 Å². The third-order valence-electron chi connectivity index (χ3n) is 8.78. The molecule has 0 saturated carbocycles. The van der Waals surface area contributed by atoms with Gasteiger partial charge in [-0.25, -0.2) is 9.80 Å². The Hall–Kier alpha value is -6.28. The average molecular weight is 667 g/mol. The van der Waals surface area contributed by atoms with Gasteiger partial charge in [0.1, 0.15) is 11.5 Å². The van der Waals surface area contributed by atoms with Gasteiger partial charge < -0.3 is 10.2 Å². The normalized spacial score (nSPS) is 13.9. The van der Waals surface area contributed by atoms with Crippen molar-refractivity contribution in [3.05, 3.63) is 168 Å². The number of anilines is 2. The summed E-state index contributed by atoms with van der Waals surface area (Å²) >= 11 is 0. The highest BCUT2D eigenvalue weighted by atomic mass is 16.3. The molecular weight excluding hydrogens is 628 g/mol. The van der Waals surface area contributed by atoms with Gasteiger partial charge in [-0.2, -0.15) is 0 Å². The number of hydrogen-bond donors (Lipinski definition) is 2. The fourth-order valence-electron chi connectivity index (χ4n) is 6.12. The molecule has 2 aliphatic heterocycles. The monoisotopic (exact) mass is 666 g/mol. The Kier molecular flexibility index (Phi) is 10.4. The average Bonchev–Trinajstić information content (AvgIpc) is 3.62. The molecule has 252 valence electrons. The number of rotatable bonds is 10. The molecule has 2 N–H and O–H groups in total. The van der Waals surface area contributed by atoms with Crippen molar-refractivity contribution in [2.24, 2.45) is 0 Å². The van der Waals surface area contributed by atoms with Crippen LogP contribution in [0.25, 0.3) is 0 Å². The zero-order chi connectivity index (χ0) is 36.0. The summed E-state index contributed by atoms with van der Waals surface area (Å²) < 4.78 is 0. The van der Waals surface area contributed by atoms with E-state index in [1.54, 1.807) is 48.5 Å². The molecule has 0 aliphatic carbocycles. The topological polar surface area (TPSA) is 115 Å². The van der Waals surface area contributed by atoms with Crippen LogP contribution in [0.1, 0.15) is 47.2 Å². The number of phenolic OH excluding ortho intramolecular Hbond substituents is 2. The van der Waals surface area contributed by atoms with E-state index in [2.05, 4.69) is 27.0 Å². The summed E-state index contributed by atoms with van der Waals surface area (Å²) in [5.74, 6) is -0.818. The van der Waals surface area contributed by atoms with Gasteiger partial charge in [0.2, 0.25) is 0 Å². The molecule has 8 heteroatoms. The van der Waals surface area contributed by atoms with Crippen LogP contribution in [0.3, 0.4) is 0 Å². The van der Waals surface area contributed by atoms with Gasteiger partial charge in [-0.1, -0.05) is 68.5 Å². The van der Waals surface area contributed by atoms with Gasteiger partial charge in [0, 0.05) is 35.3 Å². The molecular formula is C42H38N2O6. The van der Waals surface area contributed by atoms with Crippen molar-refractivity contribution in [2.45, 2.75) is 38.5 Å². The van der Waals surface area contributed by atoms with Crippen LogP contribution in [0, 0.1) is 0 Å². The summed E-state index contributed by atoms with van der Waals surface area (Å²) in [5.41, 5.74) is 7.09. The molecule has 4 aromatic carbocycles. The second-order valence-electron chi connectivity index (χ2n) is 12.4. The number of phenols is 2. The highest BCUT2D eigenvalue weighted by molar-refractivity contribution is 6.28. The minimum absolute atomic E-state index is 0.254. The molecule has 0 unspecified atom stereocenters. The van der Waals surface area contributed by atoms with Crippen LogP contribution in [0.15, 0.2) is 135 Å². The number of amides is 4. The lowest BCUT2D eigenvalue weighted by Gasteiger charge is -2.30. The van der Waals surface area contributed by atoms with E-state index < -0.39 is 0 Å². The van der Waals surface area contributed by atoms with Crippen molar-refractivity contribution in [3.8, 4) is 11.5 Å². The van der Waals surface area contributed by atoms with Crippen LogP contribution >= 0.6 is 0 Å². The first kappa shape index (κ1) is 35.0. The minimum Gasteiger partial charge on any atom is -0.508 e. The SMILES string of the molecule is C=CCc1c(O)ccc(C(C)(C)c2ccc(O)cc2)c1CC=C.O=C1C=CC(=O)N1c1ccc(Cc2ccc(N3C(=O)C=CC3=O)cc2)cc1. The molecule has 2 aliphatic rings. The smallest absolute Gasteiger partial charge is 0.258 e. The van der Waals surface area contributed by atoms with Gasteiger partial charge >= 0.3 is 0 Å². The first-order valence-electron chi connectivity index (χ1n) is 16.1. The van der Waals surface area contributed by atoms with Crippen molar-refractivity contribution < 1.29 is 29.4 Å². The zero-order valence-corrected chi connectivity index (χ0v) is 28.0. The first-order chi connectivity index (χ1) is 23.9. The molecule has 0 saturated heterocycles. The molecule has 2 heterocycles. The summed E-state index contributed by atoms with van der Waals surface area (Å²) in [7, 11) is 0. The van der Waals surface area contributed by atoms with E-state index in [1.165, 1.54) is 24.3 Å². The largest absolute Gasteiger partial charge is 0.508 e. The molecule has 8 nitrogen and oxygen atoms in total. The molecule has 4 amide bonds. The van der Waals surface area contributed by atoms with Gasteiger partial charge in [0.25, 0.3) is 23.6 Å². The summed E-state index contributed by atoms with van der Waals surface area (Å²) in [5, 5.41) is 19.8. The van der Waals surface area contributed by atoms with E-state index in [-0.39, 0.29) is 34.8 Å². The Morgan fingerprint density at radius 1 is 0.580 bits per heavy atom. The predicted octanol–water partition coefficient (Wildman–Crippen LogP) is 7.02. The maximum absolute atomic E-state index is 11.7. The molecule has 0 aromatic heterocycles. The van der Waals surface area contributed by atoms with Crippen molar-refractivity contribution in [1.29, 1.82) is 0 Å². The lowest BCUT2D eigenvalue weighted by Crippen LogP contribution is -2.29. The Bertz CT molecular complexity index is 1900. The van der Waals surface area contributed by atoms with E-state index >= 15 is 0 Å². The number of aromatic hydroxyl groups is 2. The highest BCUT2D eigenvalue weighted by Gasteiger charge is 2.28. The van der Waals surface area contributed by atoms with Gasteiger partial charge in [0.15, 0.2) is 0 Å². The Labute approximate surface area is 291 Å². The third kappa shape index (κ3) is 7.39. The second kappa shape index (κ2) is 14.9. The molecule has 50 heavy (non-hydrogen) atoms. The number of benzene rings is 4. The molecule has 0 atom stereocenters. The van der Waals surface area contributed by atoms with Gasteiger partial charge in [0.05, 0.1) is 11.4 Å². The van der Waals surface area contributed by atoms with Crippen molar-refractivity contribution in [3.63, 3.8) is 0 Å². The van der Waals surface area contributed by atoms with E-state index in [0.29, 0.717) is 36.4 Å². The van der Waals surface area contributed by atoms with E-state index in [0.717, 1.165) is 43.2 Å². The Morgan fingerprint density at radius 2 is 1.00 bits per heavy atom. The van der Waals surface area contributed by atoms with Crippen molar-refractivity contribution in [1.82, 2.24) is 0 Å². The number of imide groups is 2. The molecule has 0 bridgehead atoms. The quantitative estimate of drug-likeness (QED) is 0.139. The van der Waals surface area contributed by atoms with Crippen LogP contribution in [-0.2, 0) is 43.9 Å². The van der Waals surface area contributed by atoms with E-state index in [4.69, 9.17) is 0 Å². The molecule has 0 spiro atoms. The number of hydrogen-bond acceptors (Lipinski definition) is 6. The summed E-state index contributed by atoms with van der Waals surface area (Å²) in [6.07, 6.45) is 10.6. The number of allylic oxidation sites excluding steroid dienone is 2. The lowest BCUT2D eigenvalue weighted by molar-refractivity contribution is -0.121. The summed E-state index contributed by atoms with van der Waals surface area (Å²) in [6.45, 7) is 11.9. The Morgan fingerprint density at radius 3 is 1.42 bits per heavy atom. The van der Waals surface area contributed by atoms with Crippen LogP contribution in [-0.4, -0.2) is 33.8 Å². The minimum atomic E-state index is -0.344. The number of carbonyl (C=O) groups is 4. The predicted molar refractivity (Wildman–Crippen MR) is 195 cm³/mol. The lowest BCUT2D eigenvalue weighted by atomic mass is 9.74. The maximum atomic E-state index is 11.7. The fourth-order valence-corrected chi connectivity index (χ4v) is 6.12. The van der Waals surface area contributed by atoms with Crippen LogP contribution in [0.4, 0.5) is 11.4 Å². The van der Waals surface area contributed by atoms with E-state index in [9.17, 15) is 29.4 Å². The van der Waals surface area contributed by atoms with Gasteiger partial charge in [-0.3, -0.25) is 19.2 Å². The number of carbonyl (C=O) groups excluding carboxylic acids is 4. The summed E-state index contributed by atoms with van der Waals surface area (Å²) in [6, 6.07) is 25.4. The Balaban J connectivity index is 0.000000197. The molecule has 0 radical (unpaired) electrons. The third-order valence-corrected chi connectivity index (χ3v) is 8.78. The van der Waals surface area contributed by atoms with Gasteiger partial charge in [-0.05, 0) is 89.5 Å². The van der Waals surface area contributed by atoms with Crippen molar-refractivity contribution >= 4 is 35.0 Å². The zero-order valence-electron chi connectivity index (χ0n) is 28.0. The molecule has 0 fully saturated rings.